The molecule has 0 spiro atoms. The van der Waals surface area contributed by atoms with Crippen molar-refractivity contribution in [1.29, 1.82) is 5.26 Å². The minimum absolute atomic E-state index is 0.0615. The number of aromatic nitrogens is 1. The lowest BCUT2D eigenvalue weighted by Crippen LogP contribution is -2.25. The summed E-state index contributed by atoms with van der Waals surface area (Å²) in [4.78, 5) is 27.6. The molecule has 9 heteroatoms. The monoisotopic (exact) mass is 426 g/mol. The van der Waals surface area contributed by atoms with Crippen molar-refractivity contribution in [3.05, 3.63) is 55.4 Å². The molecule has 0 atom stereocenters. The number of benzene rings is 1. The molecule has 1 N–H and O–H groups in total. The summed E-state index contributed by atoms with van der Waals surface area (Å²) in [7, 11) is 0. The Bertz CT molecular complexity index is 1080. The van der Waals surface area contributed by atoms with Gasteiger partial charge in [-0.1, -0.05) is 26.2 Å². The van der Waals surface area contributed by atoms with Crippen molar-refractivity contribution in [3.63, 3.8) is 0 Å². The molecule has 0 radical (unpaired) electrons. The number of unbranched alkanes of at least 4 members (excludes halogenated alkanes) is 3. The SMILES string of the molecule is CCCCCCn1c(O)c(C=Nc2ccc(OCC)cc2[N+](=O)[O-])c(C)c(C#N)c1=O. The van der Waals surface area contributed by atoms with Gasteiger partial charge in [0.25, 0.3) is 11.2 Å². The second kappa shape index (κ2) is 10.9. The highest BCUT2D eigenvalue weighted by molar-refractivity contribution is 5.88. The Hall–Kier alpha value is -3.67. The zero-order chi connectivity index (χ0) is 23.0. The number of ether oxygens (including phenoxy) is 1. The maximum absolute atomic E-state index is 12.6. The maximum Gasteiger partial charge on any atom is 0.298 e. The molecule has 0 saturated heterocycles. The maximum atomic E-state index is 12.6. The van der Waals surface area contributed by atoms with Crippen LogP contribution in [0.5, 0.6) is 11.6 Å². The largest absolute Gasteiger partial charge is 0.494 e. The van der Waals surface area contributed by atoms with Gasteiger partial charge in [-0.25, -0.2) is 4.99 Å². The topological polar surface area (TPSA) is 131 Å². The van der Waals surface area contributed by atoms with Crippen LogP contribution < -0.4 is 10.3 Å². The molecule has 0 bridgehead atoms. The van der Waals surface area contributed by atoms with Crippen LogP contribution in [0.3, 0.4) is 0 Å². The summed E-state index contributed by atoms with van der Waals surface area (Å²) in [6.07, 6.45) is 4.84. The predicted octanol–water partition coefficient (Wildman–Crippen LogP) is 4.37. The summed E-state index contributed by atoms with van der Waals surface area (Å²) in [6.45, 7) is 6.01. The minimum atomic E-state index is -0.572. The van der Waals surface area contributed by atoms with Crippen molar-refractivity contribution in [2.75, 3.05) is 6.61 Å². The molecule has 2 aromatic rings. The fourth-order valence-electron chi connectivity index (χ4n) is 3.18. The van der Waals surface area contributed by atoms with Crippen molar-refractivity contribution < 1.29 is 14.8 Å². The Morgan fingerprint density at radius 3 is 2.68 bits per heavy atom. The van der Waals surface area contributed by atoms with Crippen LogP contribution in [0, 0.1) is 28.4 Å². The molecule has 1 aromatic carbocycles. The average molecular weight is 426 g/mol. The molecule has 0 saturated carbocycles. The van der Waals surface area contributed by atoms with Crippen molar-refractivity contribution in [3.8, 4) is 17.7 Å². The van der Waals surface area contributed by atoms with Crippen LogP contribution in [-0.4, -0.2) is 27.4 Å². The van der Waals surface area contributed by atoms with E-state index in [1.54, 1.807) is 13.0 Å². The summed E-state index contributed by atoms with van der Waals surface area (Å²) in [5, 5.41) is 31.6. The van der Waals surface area contributed by atoms with Crippen LogP contribution in [0.25, 0.3) is 0 Å². The molecular weight excluding hydrogens is 400 g/mol. The normalized spacial score (nSPS) is 10.9. The molecule has 164 valence electrons. The van der Waals surface area contributed by atoms with Gasteiger partial charge in [0.05, 0.1) is 23.2 Å². The zero-order valence-corrected chi connectivity index (χ0v) is 17.9. The summed E-state index contributed by atoms with van der Waals surface area (Å²) in [5.74, 6) is 0.0370. The number of nitrogens with zero attached hydrogens (tertiary/aromatic N) is 4. The molecule has 9 nitrogen and oxygen atoms in total. The number of hydrogen-bond acceptors (Lipinski definition) is 7. The Balaban J connectivity index is 2.51. The fraction of sp³-hybridized carbons (Fsp3) is 0.409. The van der Waals surface area contributed by atoms with E-state index in [0.29, 0.717) is 18.8 Å². The Morgan fingerprint density at radius 1 is 1.32 bits per heavy atom. The smallest absolute Gasteiger partial charge is 0.298 e. The van der Waals surface area contributed by atoms with Crippen LogP contribution in [0.1, 0.15) is 56.2 Å². The van der Waals surface area contributed by atoms with Crippen LogP contribution in [0.2, 0.25) is 0 Å². The van der Waals surface area contributed by atoms with E-state index in [9.17, 15) is 25.3 Å². The van der Waals surface area contributed by atoms with E-state index < -0.39 is 10.5 Å². The Kier molecular flexibility index (Phi) is 8.32. The highest BCUT2D eigenvalue weighted by atomic mass is 16.6. The minimum Gasteiger partial charge on any atom is -0.494 e. The third-order valence-electron chi connectivity index (χ3n) is 4.87. The zero-order valence-electron chi connectivity index (χ0n) is 17.9. The van der Waals surface area contributed by atoms with Gasteiger partial charge in [-0.3, -0.25) is 19.5 Å². The third-order valence-corrected chi connectivity index (χ3v) is 4.87. The van der Waals surface area contributed by atoms with Crippen molar-refractivity contribution in [2.24, 2.45) is 4.99 Å². The molecular formula is C22H26N4O5. The van der Waals surface area contributed by atoms with Gasteiger partial charge in [-0.2, -0.15) is 5.26 Å². The van der Waals surface area contributed by atoms with E-state index in [1.165, 1.54) is 25.3 Å². The van der Waals surface area contributed by atoms with Gasteiger partial charge in [0, 0.05) is 12.8 Å². The molecule has 0 aliphatic rings. The number of rotatable bonds is 10. The first kappa shape index (κ1) is 23.6. The number of hydrogen-bond donors (Lipinski definition) is 1. The van der Waals surface area contributed by atoms with Gasteiger partial charge in [0.15, 0.2) is 0 Å². The van der Waals surface area contributed by atoms with E-state index in [2.05, 4.69) is 11.9 Å². The van der Waals surface area contributed by atoms with Gasteiger partial charge in [-0.15, -0.1) is 0 Å². The van der Waals surface area contributed by atoms with E-state index >= 15 is 0 Å². The molecule has 31 heavy (non-hydrogen) atoms. The fourth-order valence-corrected chi connectivity index (χ4v) is 3.18. The van der Waals surface area contributed by atoms with Crippen molar-refractivity contribution >= 4 is 17.6 Å². The van der Waals surface area contributed by atoms with Gasteiger partial charge < -0.3 is 9.84 Å². The van der Waals surface area contributed by atoms with Crippen molar-refractivity contribution in [2.45, 2.75) is 53.0 Å². The Morgan fingerprint density at radius 2 is 2.06 bits per heavy atom. The summed E-state index contributed by atoms with van der Waals surface area (Å²) < 4.78 is 6.46. The first-order valence-corrected chi connectivity index (χ1v) is 10.2. The molecule has 1 heterocycles. The molecule has 0 aliphatic carbocycles. The van der Waals surface area contributed by atoms with Gasteiger partial charge in [-0.05, 0) is 38.0 Å². The van der Waals surface area contributed by atoms with E-state index in [0.717, 1.165) is 23.8 Å². The number of nitro benzene ring substituents is 1. The highest BCUT2D eigenvalue weighted by Crippen LogP contribution is 2.32. The Labute approximate surface area is 180 Å². The quantitative estimate of drug-likeness (QED) is 0.260. The molecule has 0 amide bonds. The summed E-state index contributed by atoms with van der Waals surface area (Å²) >= 11 is 0. The van der Waals surface area contributed by atoms with E-state index in [1.807, 2.05) is 6.07 Å². The van der Waals surface area contributed by atoms with Crippen LogP contribution in [0.15, 0.2) is 28.0 Å². The lowest BCUT2D eigenvalue weighted by molar-refractivity contribution is -0.384. The molecule has 0 unspecified atom stereocenters. The van der Waals surface area contributed by atoms with Gasteiger partial charge in [0.1, 0.15) is 23.1 Å². The number of aliphatic imine (C=N–C) groups is 1. The second-order valence-electron chi connectivity index (χ2n) is 6.97. The van der Waals surface area contributed by atoms with Crippen molar-refractivity contribution in [1.82, 2.24) is 4.57 Å². The van der Waals surface area contributed by atoms with E-state index in [-0.39, 0.29) is 40.5 Å². The van der Waals surface area contributed by atoms with Gasteiger partial charge >= 0.3 is 0 Å². The summed E-state index contributed by atoms with van der Waals surface area (Å²) in [5.41, 5.74) is -0.393. The average Bonchev–Trinajstić information content (AvgIpc) is 2.74. The second-order valence-corrected chi connectivity index (χ2v) is 6.97. The molecule has 2 rings (SSSR count). The van der Waals surface area contributed by atoms with Crippen LogP contribution in [-0.2, 0) is 6.54 Å². The highest BCUT2D eigenvalue weighted by Gasteiger charge is 2.19. The van der Waals surface area contributed by atoms with E-state index in [4.69, 9.17) is 4.74 Å². The summed E-state index contributed by atoms with van der Waals surface area (Å²) in [6, 6.07) is 6.17. The predicted molar refractivity (Wildman–Crippen MR) is 117 cm³/mol. The number of aromatic hydroxyl groups is 1. The number of nitro groups is 1. The lowest BCUT2D eigenvalue weighted by atomic mass is 10.1. The third kappa shape index (κ3) is 5.48. The molecule has 1 aromatic heterocycles. The standard InChI is InChI=1S/C22H26N4O5/c1-4-6-7-8-11-25-21(27)17(13-23)15(3)18(22(25)28)14-24-19-10-9-16(31-5-2)12-20(19)26(29)30/h9-10,12,14,28H,4-8,11H2,1-3H3. The first-order chi connectivity index (χ1) is 14.8. The van der Waals surface area contributed by atoms with Crippen LogP contribution in [0.4, 0.5) is 11.4 Å². The van der Waals surface area contributed by atoms with Gasteiger partial charge in [0.2, 0.25) is 5.88 Å². The lowest BCUT2D eigenvalue weighted by Gasteiger charge is -2.14. The molecule has 0 aliphatic heterocycles. The first-order valence-electron chi connectivity index (χ1n) is 10.2. The van der Waals surface area contributed by atoms with Crippen LogP contribution >= 0.6 is 0 Å². The molecule has 0 fully saturated rings. The number of pyridine rings is 1. The number of nitriles is 1.